The van der Waals surface area contributed by atoms with E-state index in [-0.39, 0.29) is 12.0 Å². The molecule has 5 nitrogen and oxygen atoms in total. The van der Waals surface area contributed by atoms with Crippen LogP contribution in [0.3, 0.4) is 0 Å². The number of unbranched alkanes of at least 4 members (excludes halogenated alkanes) is 8. The normalized spacial score (nSPS) is 13.8. The van der Waals surface area contributed by atoms with Crippen molar-refractivity contribution in [2.75, 3.05) is 26.4 Å². The molecular weight excluding hydrogens is 390 g/mol. The zero-order valence-electron chi connectivity index (χ0n) is 20.4. The molecule has 0 aromatic heterocycles. The SMILES string of the molecule is CCCCC/C=C\C/C=C\CCCCCCCC(=O)NCCOCC(C)OCC(C)O. The minimum atomic E-state index is -0.462. The van der Waals surface area contributed by atoms with E-state index in [0.29, 0.717) is 32.8 Å². The van der Waals surface area contributed by atoms with Crippen molar-refractivity contribution >= 4 is 5.91 Å². The predicted octanol–water partition coefficient (Wildman–Crippen LogP) is 5.72. The van der Waals surface area contributed by atoms with Crippen LogP contribution in [0.1, 0.15) is 97.8 Å². The van der Waals surface area contributed by atoms with E-state index in [1.807, 2.05) is 6.92 Å². The maximum absolute atomic E-state index is 11.8. The Morgan fingerprint density at radius 1 is 0.903 bits per heavy atom. The standard InChI is InChI=1S/C26H49NO4/c1-4-5-6-7-8-9-10-11-12-13-14-15-16-17-18-19-26(29)27-20-21-30-23-25(3)31-22-24(2)28/h8-9,11-12,24-25,28H,4-7,10,13-23H2,1-3H3,(H,27,29)/b9-8-,12-11-. The Morgan fingerprint density at radius 2 is 1.55 bits per heavy atom. The lowest BCUT2D eigenvalue weighted by molar-refractivity contribution is -0.121. The van der Waals surface area contributed by atoms with Crippen LogP contribution in [0.25, 0.3) is 0 Å². The van der Waals surface area contributed by atoms with Gasteiger partial charge in [0, 0.05) is 13.0 Å². The topological polar surface area (TPSA) is 67.8 Å². The maximum atomic E-state index is 11.8. The first-order valence-electron chi connectivity index (χ1n) is 12.5. The third-order valence-electron chi connectivity index (χ3n) is 4.90. The molecule has 1 amide bonds. The van der Waals surface area contributed by atoms with Crippen molar-refractivity contribution in [1.29, 1.82) is 0 Å². The molecule has 2 N–H and O–H groups in total. The number of aliphatic hydroxyl groups is 1. The number of rotatable bonds is 22. The van der Waals surface area contributed by atoms with Crippen molar-refractivity contribution in [2.24, 2.45) is 0 Å². The Morgan fingerprint density at radius 3 is 2.23 bits per heavy atom. The first kappa shape index (κ1) is 29.8. The minimum Gasteiger partial charge on any atom is -0.391 e. The molecule has 182 valence electrons. The van der Waals surface area contributed by atoms with E-state index in [2.05, 4.69) is 36.5 Å². The van der Waals surface area contributed by atoms with Crippen molar-refractivity contribution in [1.82, 2.24) is 5.32 Å². The van der Waals surface area contributed by atoms with Crippen molar-refractivity contribution in [3.63, 3.8) is 0 Å². The summed E-state index contributed by atoms with van der Waals surface area (Å²) in [6.45, 7) is 7.63. The molecule has 0 aliphatic rings. The smallest absolute Gasteiger partial charge is 0.220 e. The fourth-order valence-electron chi connectivity index (χ4n) is 3.05. The van der Waals surface area contributed by atoms with Gasteiger partial charge in [0.25, 0.3) is 0 Å². The largest absolute Gasteiger partial charge is 0.391 e. The molecule has 0 aromatic carbocycles. The van der Waals surface area contributed by atoms with E-state index in [4.69, 9.17) is 14.6 Å². The molecule has 0 spiro atoms. The van der Waals surface area contributed by atoms with E-state index in [1.165, 1.54) is 44.9 Å². The van der Waals surface area contributed by atoms with Crippen LogP contribution in [0, 0.1) is 0 Å². The molecule has 0 heterocycles. The number of allylic oxidation sites excluding steroid dienone is 4. The van der Waals surface area contributed by atoms with Crippen molar-refractivity contribution in [2.45, 2.75) is 110 Å². The first-order chi connectivity index (χ1) is 15.1. The lowest BCUT2D eigenvalue weighted by atomic mass is 10.1. The van der Waals surface area contributed by atoms with Gasteiger partial charge in [-0.05, 0) is 52.4 Å². The zero-order chi connectivity index (χ0) is 23.0. The molecule has 5 heteroatoms. The summed E-state index contributed by atoms with van der Waals surface area (Å²) in [6, 6.07) is 0. The number of nitrogens with one attached hydrogen (secondary N) is 1. The van der Waals surface area contributed by atoms with E-state index in [0.717, 1.165) is 25.7 Å². The summed E-state index contributed by atoms with van der Waals surface area (Å²) < 4.78 is 10.9. The molecule has 31 heavy (non-hydrogen) atoms. The molecule has 0 radical (unpaired) electrons. The quantitative estimate of drug-likeness (QED) is 0.167. The molecule has 2 atom stereocenters. The van der Waals surface area contributed by atoms with Gasteiger partial charge in [-0.3, -0.25) is 4.79 Å². The Hall–Kier alpha value is -1.17. The predicted molar refractivity (Wildman–Crippen MR) is 130 cm³/mol. The number of amides is 1. The number of carbonyl (C=O) groups excluding carboxylic acids is 1. The molecule has 0 aromatic rings. The Labute approximate surface area is 191 Å². The Kier molecular flexibility index (Phi) is 22.6. The third-order valence-corrected chi connectivity index (χ3v) is 4.90. The van der Waals surface area contributed by atoms with E-state index in [1.54, 1.807) is 6.92 Å². The second-order valence-corrected chi connectivity index (χ2v) is 8.40. The Balaban J connectivity index is 3.35. The third kappa shape index (κ3) is 25.0. The highest BCUT2D eigenvalue weighted by Gasteiger charge is 2.05. The number of aliphatic hydroxyl groups excluding tert-OH is 1. The van der Waals surface area contributed by atoms with Crippen LogP contribution in [0.15, 0.2) is 24.3 Å². The molecule has 0 aliphatic carbocycles. The number of hydrogen-bond donors (Lipinski definition) is 2. The average molecular weight is 440 g/mol. The highest BCUT2D eigenvalue weighted by atomic mass is 16.5. The van der Waals surface area contributed by atoms with Gasteiger partial charge in [0.2, 0.25) is 5.91 Å². The monoisotopic (exact) mass is 439 g/mol. The highest BCUT2D eigenvalue weighted by Crippen LogP contribution is 2.08. The maximum Gasteiger partial charge on any atom is 0.220 e. The van der Waals surface area contributed by atoms with Crippen molar-refractivity contribution in [3.05, 3.63) is 24.3 Å². The molecule has 0 aliphatic heterocycles. The van der Waals surface area contributed by atoms with Crippen molar-refractivity contribution < 1.29 is 19.4 Å². The lowest BCUT2D eigenvalue weighted by Gasteiger charge is -2.14. The lowest BCUT2D eigenvalue weighted by Crippen LogP contribution is -2.28. The van der Waals surface area contributed by atoms with Gasteiger partial charge in [-0.1, -0.05) is 63.3 Å². The average Bonchev–Trinajstić information content (AvgIpc) is 2.74. The van der Waals surface area contributed by atoms with Crippen LogP contribution >= 0.6 is 0 Å². The van der Waals surface area contributed by atoms with Gasteiger partial charge in [-0.25, -0.2) is 0 Å². The van der Waals surface area contributed by atoms with Crippen LogP contribution < -0.4 is 5.32 Å². The summed E-state index contributed by atoms with van der Waals surface area (Å²) in [5, 5.41) is 12.1. The van der Waals surface area contributed by atoms with Crippen LogP contribution in [-0.2, 0) is 14.3 Å². The zero-order valence-corrected chi connectivity index (χ0v) is 20.4. The van der Waals surface area contributed by atoms with Crippen LogP contribution in [0.2, 0.25) is 0 Å². The van der Waals surface area contributed by atoms with Crippen LogP contribution in [-0.4, -0.2) is 49.6 Å². The van der Waals surface area contributed by atoms with Crippen LogP contribution in [0.5, 0.6) is 0 Å². The molecule has 0 fully saturated rings. The summed E-state index contributed by atoms with van der Waals surface area (Å²) >= 11 is 0. The number of carbonyl (C=O) groups is 1. The minimum absolute atomic E-state index is 0.0575. The van der Waals surface area contributed by atoms with Gasteiger partial charge in [0.1, 0.15) is 0 Å². The molecular formula is C26H49NO4. The van der Waals surface area contributed by atoms with E-state index >= 15 is 0 Å². The summed E-state index contributed by atoms with van der Waals surface area (Å²) in [4.78, 5) is 11.8. The molecule has 0 bridgehead atoms. The summed E-state index contributed by atoms with van der Waals surface area (Å²) in [5.41, 5.74) is 0. The van der Waals surface area contributed by atoms with Gasteiger partial charge >= 0.3 is 0 Å². The first-order valence-corrected chi connectivity index (χ1v) is 12.5. The van der Waals surface area contributed by atoms with E-state index < -0.39 is 6.10 Å². The van der Waals surface area contributed by atoms with Gasteiger partial charge in [-0.15, -0.1) is 0 Å². The second kappa shape index (κ2) is 23.5. The number of ether oxygens (including phenoxy) is 2. The highest BCUT2D eigenvalue weighted by molar-refractivity contribution is 5.75. The molecule has 2 unspecified atom stereocenters. The summed E-state index contributed by atoms with van der Waals surface area (Å²) in [6.07, 6.45) is 22.3. The fraction of sp³-hybridized carbons (Fsp3) is 0.808. The fourth-order valence-corrected chi connectivity index (χ4v) is 3.05. The molecule has 0 saturated heterocycles. The van der Waals surface area contributed by atoms with Gasteiger partial charge in [-0.2, -0.15) is 0 Å². The number of hydrogen-bond acceptors (Lipinski definition) is 4. The second-order valence-electron chi connectivity index (χ2n) is 8.40. The van der Waals surface area contributed by atoms with E-state index in [9.17, 15) is 4.79 Å². The van der Waals surface area contributed by atoms with Crippen LogP contribution in [0.4, 0.5) is 0 Å². The Bertz CT molecular complexity index is 449. The van der Waals surface area contributed by atoms with Crippen molar-refractivity contribution in [3.8, 4) is 0 Å². The van der Waals surface area contributed by atoms with Gasteiger partial charge in [0.15, 0.2) is 0 Å². The molecule has 0 rings (SSSR count). The molecule has 0 saturated carbocycles. The summed E-state index contributed by atoms with van der Waals surface area (Å²) in [5.74, 6) is 0.104. The van der Waals surface area contributed by atoms with Gasteiger partial charge < -0.3 is 19.9 Å². The van der Waals surface area contributed by atoms with Gasteiger partial charge in [0.05, 0.1) is 32.0 Å². The summed E-state index contributed by atoms with van der Waals surface area (Å²) in [7, 11) is 0.